The second kappa shape index (κ2) is 23.0. The number of nitrogens with zero attached hydrogens (tertiary/aromatic N) is 12. The molecule has 2 aromatic carbocycles. The molecular formula is C50H56N12O10S2. The van der Waals surface area contributed by atoms with Gasteiger partial charge in [-0.25, -0.2) is 16.8 Å². The van der Waals surface area contributed by atoms with Gasteiger partial charge in [0.15, 0.2) is 43.0 Å². The van der Waals surface area contributed by atoms with Crippen molar-refractivity contribution < 1.29 is 46.0 Å². The molecule has 0 aliphatic rings. The summed E-state index contributed by atoms with van der Waals surface area (Å²) in [5, 5.41) is 52.0. The summed E-state index contributed by atoms with van der Waals surface area (Å²) in [7, 11) is -1.88. The first kappa shape index (κ1) is 54.0. The smallest absolute Gasteiger partial charge is 0.170 e. The average molecular weight is 1050 g/mol. The third-order valence-electron chi connectivity index (χ3n) is 11.9. The lowest BCUT2D eigenvalue weighted by Crippen LogP contribution is -2.28. The van der Waals surface area contributed by atoms with Gasteiger partial charge in [0.1, 0.15) is 58.1 Å². The molecule has 0 saturated heterocycles. The number of hydrogen-bond acceptors (Lipinski definition) is 20. The summed E-state index contributed by atoms with van der Waals surface area (Å²) in [6.07, 6.45) is 3.89. The standard InChI is InChI=1S/2C25H28N6O5S/c2*1-15-11-18(13-26-12-15)25-30-29-22(31(25)23-20(35-4)7-6-8-21(23)36-5)14-37(33,34)17(3)24(32)19-10-9-16(2)27-28-19/h2*6-13,17,24,32H,14H2,1-5H3/t2*17-,24+/m10/s1. The Kier molecular flexibility index (Phi) is 16.7. The maximum absolute atomic E-state index is 13.5. The minimum atomic E-state index is -3.96. The number of methoxy groups -OCH3 is 4. The van der Waals surface area contributed by atoms with E-state index in [1.807, 2.05) is 26.0 Å². The van der Waals surface area contributed by atoms with Crippen molar-refractivity contribution in [1.29, 1.82) is 0 Å². The monoisotopic (exact) mass is 1050 g/mol. The van der Waals surface area contributed by atoms with Gasteiger partial charge in [0.25, 0.3) is 0 Å². The molecular weight excluding hydrogens is 993 g/mol. The molecule has 74 heavy (non-hydrogen) atoms. The largest absolute Gasteiger partial charge is 0.494 e. The Bertz CT molecular complexity index is 3190. The van der Waals surface area contributed by atoms with Gasteiger partial charge in [-0.15, -0.1) is 20.4 Å². The first-order chi connectivity index (χ1) is 35.3. The number of pyridine rings is 2. The van der Waals surface area contributed by atoms with Gasteiger partial charge in [0, 0.05) is 35.9 Å². The number of aliphatic hydroxyl groups excluding tert-OH is 2. The molecule has 0 aliphatic heterocycles. The van der Waals surface area contributed by atoms with Gasteiger partial charge in [-0.1, -0.05) is 12.1 Å². The molecule has 0 bridgehead atoms. The predicted octanol–water partition coefficient (Wildman–Crippen LogP) is 5.58. The summed E-state index contributed by atoms with van der Waals surface area (Å²) in [6, 6.07) is 20.6. The molecule has 0 unspecified atom stereocenters. The van der Waals surface area contributed by atoms with E-state index in [-0.39, 0.29) is 23.0 Å². The van der Waals surface area contributed by atoms with Crippen molar-refractivity contribution in [1.82, 2.24) is 59.9 Å². The molecule has 24 heteroatoms. The van der Waals surface area contributed by atoms with Crippen molar-refractivity contribution in [2.45, 2.75) is 75.8 Å². The Morgan fingerprint density at radius 2 is 0.838 bits per heavy atom. The van der Waals surface area contributed by atoms with Crippen molar-refractivity contribution in [3.63, 3.8) is 0 Å². The van der Waals surface area contributed by atoms with E-state index in [1.54, 1.807) is 108 Å². The van der Waals surface area contributed by atoms with Crippen LogP contribution in [-0.4, -0.2) is 126 Å². The van der Waals surface area contributed by atoms with Crippen LogP contribution in [0.4, 0.5) is 0 Å². The summed E-state index contributed by atoms with van der Waals surface area (Å²) in [6.45, 7) is 10.1. The first-order valence-corrected chi connectivity index (χ1v) is 26.3. The van der Waals surface area contributed by atoms with Gasteiger partial charge in [-0.05, 0) is 113 Å². The first-order valence-electron chi connectivity index (χ1n) is 22.9. The van der Waals surface area contributed by atoms with E-state index in [0.29, 0.717) is 68.5 Å². The summed E-state index contributed by atoms with van der Waals surface area (Å²) in [5.74, 6) is 1.66. The lowest BCUT2D eigenvalue weighted by molar-refractivity contribution is 0.169. The second-order valence-electron chi connectivity index (χ2n) is 17.2. The van der Waals surface area contributed by atoms with Crippen LogP contribution in [0, 0.1) is 27.7 Å². The van der Waals surface area contributed by atoms with E-state index in [2.05, 4.69) is 50.8 Å². The Morgan fingerprint density at radius 1 is 0.486 bits per heavy atom. The van der Waals surface area contributed by atoms with E-state index in [1.165, 1.54) is 42.3 Å². The highest BCUT2D eigenvalue weighted by atomic mass is 32.2. The van der Waals surface area contributed by atoms with E-state index in [9.17, 15) is 27.0 Å². The lowest BCUT2D eigenvalue weighted by Gasteiger charge is -2.20. The maximum atomic E-state index is 13.5. The summed E-state index contributed by atoms with van der Waals surface area (Å²) < 4.78 is 79.6. The fourth-order valence-electron chi connectivity index (χ4n) is 7.75. The highest BCUT2D eigenvalue weighted by Crippen LogP contribution is 2.39. The molecule has 8 aromatic rings. The molecule has 0 aliphatic carbocycles. The van der Waals surface area contributed by atoms with Crippen molar-refractivity contribution in [3.8, 4) is 57.1 Å². The molecule has 4 atom stereocenters. The van der Waals surface area contributed by atoms with Crippen molar-refractivity contribution in [2.24, 2.45) is 0 Å². The molecule has 6 heterocycles. The van der Waals surface area contributed by atoms with Gasteiger partial charge in [0.05, 0.1) is 61.7 Å². The molecule has 0 saturated carbocycles. The lowest BCUT2D eigenvalue weighted by atomic mass is 10.2. The summed E-state index contributed by atoms with van der Waals surface area (Å²) in [5.41, 5.74) is 5.58. The Balaban J connectivity index is 0.000000216. The third-order valence-corrected chi connectivity index (χ3v) is 16.0. The highest BCUT2D eigenvalue weighted by molar-refractivity contribution is 7.91. The number of aromatic nitrogens is 12. The fraction of sp³-hybridized carbons (Fsp3) is 0.320. The number of ether oxygens (including phenoxy) is 4. The normalized spacial score (nSPS) is 13.2. The van der Waals surface area contributed by atoms with Crippen LogP contribution in [0.2, 0.25) is 0 Å². The number of aryl methyl sites for hydroxylation is 4. The highest BCUT2D eigenvalue weighted by Gasteiger charge is 2.36. The SMILES string of the molecule is COc1cccc(OC)c1-n1c(CS(=O)(=O)[C@@H](C)[C@@H](O)c2ccc(C)nn2)nnc1-c1cncc(C)c1.COc1cccc(OC)c1-n1c(CS(=O)(=O)[C@H](C)[C@H](O)c2ccc(C)nn2)nnc1-c1cncc(C)c1. The van der Waals surface area contributed by atoms with Crippen molar-refractivity contribution >= 4 is 19.7 Å². The maximum Gasteiger partial charge on any atom is 0.170 e. The predicted molar refractivity (Wildman–Crippen MR) is 272 cm³/mol. The zero-order valence-corrected chi connectivity index (χ0v) is 43.9. The molecule has 0 amide bonds. The molecule has 22 nitrogen and oxygen atoms in total. The van der Waals surface area contributed by atoms with Gasteiger partial charge in [-0.2, -0.15) is 20.4 Å². The molecule has 6 aromatic heterocycles. The number of aliphatic hydroxyl groups is 2. The van der Waals surface area contributed by atoms with Crippen molar-refractivity contribution in [3.05, 3.63) is 143 Å². The molecule has 0 fully saturated rings. The topological polar surface area (TPSA) is 284 Å². The van der Waals surface area contributed by atoms with Crippen LogP contribution < -0.4 is 18.9 Å². The number of sulfone groups is 2. The van der Waals surface area contributed by atoms with Crippen LogP contribution in [0.1, 0.15) is 71.6 Å². The van der Waals surface area contributed by atoms with Crippen LogP contribution in [-0.2, 0) is 31.2 Å². The van der Waals surface area contributed by atoms with Crippen molar-refractivity contribution in [2.75, 3.05) is 28.4 Å². The van der Waals surface area contributed by atoms with E-state index in [0.717, 1.165) is 11.1 Å². The average Bonchev–Trinajstić information content (AvgIpc) is 4.00. The Hall–Kier alpha value is -7.80. The van der Waals surface area contributed by atoms with Gasteiger partial charge in [-0.3, -0.25) is 19.1 Å². The Labute approximate surface area is 428 Å². The van der Waals surface area contributed by atoms with Gasteiger partial charge >= 0.3 is 0 Å². The van der Waals surface area contributed by atoms with Gasteiger partial charge < -0.3 is 29.2 Å². The number of benzene rings is 2. The molecule has 8 rings (SSSR count). The van der Waals surface area contributed by atoms with E-state index in [4.69, 9.17) is 18.9 Å². The second-order valence-corrected chi connectivity index (χ2v) is 21.9. The number of para-hydroxylation sites is 2. The zero-order chi connectivity index (χ0) is 53.5. The molecule has 2 N–H and O–H groups in total. The minimum Gasteiger partial charge on any atom is -0.494 e. The Morgan fingerprint density at radius 3 is 1.14 bits per heavy atom. The summed E-state index contributed by atoms with van der Waals surface area (Å²) >= 11 is 0. The van der Waals surface area contributed by atoms with Crippen LogP contribution >= 0.6 is 0 Å². The van der Waals surface area contributed by atoms with E-state index >= 15 is 0 Å². The molecule has 388 valence electrons. The summed E-state index contributed by atoms with van der Waals surface area (Å²) in [4.78, 5) is 8.50. The molecule has 0 radical (unpaired) electrons. The number of hydrogen-bond donors (Lipinski definition) is 2. The fourth-order valence-corrected chi connectivity index (χ4v) is 10.4. The van der Waals surface area contributed by atoms with E-state index < -0.39 is 53.9 Å². The van der Waals surface area contributed by atoms with Crippen LogP contribution in [0.3, 0.4) is 0 Å². The quantitative estimate of drug-likeness (QED) is 0.106. The van der Waals surface area contributed by atoms with Gasteiger partial charge in [0.2, 0.25) is 0 Å². The van der Waals surface area contributed by atoms with Crippen LogP contribution in [0.15, 0.2) is 97.6 Å². The van der Waals surface area contributed by atoms with Crippen LogP contribution in [0.25, 0.3) is 34.2 Å². The molecule has 0 spiro atoms. The minimum absolute atomic E-state index is 0.119. The zero-order valence-electron chi connectivity index (χ0n) is 42.3. The third kappa shape index (κ3) is 11.7. The number of rotatable bonds is 18. The van der Waals surface area contributed by atoms with Crippen LogP contribution in [0.5, 0.6) is 23.0 Å².